The number of alkyl halides is 4. The lowest BCUT2D eigenvalue weighted by Gasteiger charge is -2.33. The van der Waals surface area contributed by atoms with E-state index in [1.807, 2.05) is 13.8 Å². The predicted molar refractivity (Wildman–Crippen MR) is 133 cm³/mol. The minimum Gasteiger partial charge on any atom is -0.369 e. The zero-order valence-corrected chi connectivity index (χ0v) is 22.0. The summed E-state index contributed by atoms with van der Waals surface area (Å²) in [7, 11) is 0. The summed E-state index contributed by atoms with van der Waals surface area (Å²) in [5.41, 5.74) is 1.19. The molecule has 2 aliphatic rings. The molecule has 3 aromatic heterocycles. The maximum atomic E-state index is 13.9. The molecule has 0 spiro atoms. The van der Waals surface area contributed by atoms with Gasteiger partial charge >= 0.3 is 0 Å². The Hall–Kier alpha value is -3.55. The van der Waals surface area contributed by atoms with Crippen molar-refractivity contribution in [2.45, 2.75) is 82.5 Å². The molecule has 0 aliphatic heterocycles. The first kappa shape index (κ1) is 28.0. The number of hydrogen-bond acceptors (Lipinski definition) is 6. The van der Waals surface area contributed by atoms with E-state index in [1.54, 1.807) is 16.9 Å². The van der Waals surface area contributed by atoms with Gasteiger partial charge in [-0.1, -0.05) is 0 Å². The largest absolute Gasteiger partial charge is 0.369 e. The Kier molecular flexibility index (Phi) is 7.31. The monoisotopic (exact) mass is 565 g/mol. The van der Waals surface area contributed by atoms with Crippen LogP contribution in [0.3, 0.4) is 0 Å². The summed E-state index contributed by atoms with van der Waals surface area (Å²) in [6.45, 7) is 3.77. The number of halogens is 4. The van der Waals surface area contributed by atoms with E-state index in [2.05, 4.69) is 25.8 Å². The number of carbonyl (C=O) groups is 2. The third-order valence-corrected chi connectivity index (χ3v) is 7.59. The molecular formula is C26H31F4N7O3. The van der Waals surface area contributed by atoms with E-state index < -0.39 is 48.3 Å². The first-order valence-corrected chi connectivity index (χ1v) is 13.3. The molecule has 10 nitrogen and oxygen atoms in total. The molecule has 40 heavy (non-hydrogen) atoms. The van der Waals surface area contributed by atoms with Crippen LogP contribution in [-0.4, -0.2) is 53.1 Å². The van der Waals surface area contributed by atoms with E-state index in [0.29, 0.717) is 11.4 Å². The van der Waals surface area contributed by atoms with E-state index in [4.69, 9.17) is 0 Å². The van der Waals surface area contributed by atoms with Gasteiger partial charge in [-0.25, -0.2) is 27.1 Å². The van der Waals surface area contributed by atoms with Gasteiger partial charge in [0.05, 0.1) is 24.1 Å². The molecule has 2 fully saturated rings. The van der Waals surface area contributed by atoms with Crippen LogP contribution in [0.25, 0.3) is 5.65 Å². The van der Waals surface area contributed by atoms with Crippen molar-refractivity contribution in [1.29, 1.82) is 0 Å². The third-order valence-electron chi connectivity index (χ3n) is 7.59. The van der Waals surface area contributed by atoms with E-state index in [-0.39, 0.29) is 55.3 Å². The topological polar surface area (TPSA) is 126 Å². The summed E-state index contributed by atoms with van der Waals surface area (Å²) in [6, 6.07) is 2.27. The molecule has 14 heteroatoms. The number of fused-ring (bicyclic) bond motifs is 1. The van der Waals surface area contributed by atoms with Gasteiger partial charge in [0.2, 0.25) is 11.8 Å². The Balaban J connectivity index is 1.37. The van der Waals surface area contributed by atoms with E-state index in [1.165, 1.54) is 23.0 Å². The normalized spacial score (nSPS) is 21.8. The van der Waals surface area contributed by atoms with E-state index >= 15 is 0 Å². The maximum Gasteiger partial charge on any atom is 0.270 e. The molecule has 0 saturated heterocycles. The van der Waals surface area contributed by atoms with Gasteiger partial charge in [0.15, 0.2) is 11.9 Å². The van der Waals surface area contributed by atoms with E-state index in [0.717, 1.165) is 0 Å². The SMILES string of the molecule is CC(C)n1nccc1C(=O)N[C@H](c1cn2ncc([C@@H](O)NC(=O)C[C@H]3CC3(F)F)cc2n1)C1CCC(F)(F)CC1. The van der Waals surface area contributed by atoms with Crippen LogP contribution in [0, 0.1) is 11.8 Å². The molecule has 3 aromatic rings. The summed E-state index contributed by atoms with van der Waals surface area (Å²) in [4.78, 5) is 29.9. The van der Waals surface area contributed by atoms with Gasteiger partial charge in [-0.2, -0.15) is 10.2 Å². The average molecular weight is 566 g/mol. The summed E-state index contributed by atoms with van der Waals surface area (Å²) >= 11 is 0. The van der Waals surface area contributed by atoms with Crippen LogP contribution >= 0.6 is 0 Å². The van der Waals surface area contributed by atoms with Gasteiger partial charge in [0.1, 0.15) is 5.69 Å². The molecule has 5 rings (SSSR count). The Morgan fingerprint density at radius 2 is 1.85 bits per heavy atom. The smallest absolute Gasteiger partial charge is 0.270 e. The molecule has 0 bridgehead atoms. The van der Waals surface area contributed by atoms with Crippen LogP contribution in [0.15, 0.2) is 30.7 Å². The van der Waals surface area contributed by atoms with Crippen molar-refractivity contribution >= 4 is 17.5 Å². The number of carbonyl (C=O) groups excluding carboxylic acids is 2. The van der Waals surface area contributed by atoms with Gasteiger partial charge in [-0.3, -0.25) is 14.3 Å². The van der Waals surface area contributed by atoms with Crippen LogP contribution in [-0.2, 0) is 4.79 Å². The lowest BCUT2D eigenvalue weighted by atomic mass is 9.81. The highest BCUT2D eigenvalue weighted by Gasteiger charge is 2.57. The number of nitrogens with one attached hydrogen (secondary N) is 2. The van der Waals surface area contributed by atoms with Crippen molar-refractivity contribution < 1.29 is 32.3 Å². The molecule has 2 saturated carbocycles. The fourth-order valence-electron chi connectivity index (χ4n) is 5.17. The predicted octanol–water partition coefficient (Wildman–Crippen LogP) is 3.96. The number of amides is 2. The second-order valence-corrected chi connectivity index (χ2v) is 11.0. The first-order valence-electron chi connectivity index (χ1n) is 13.3. The molecule has 3 atom stereocenters. The van der Waals surface area contributed by atoms with E-state index in [9.17, 15) is 32.3 Å². The minimum atomic E-state index is -2.84. The van der Waals surface area contributed by atoms with Crippen molar-refractivity contribution in [2.75, 3.05) is 0 Å². The van der Waals surface area contributed by atoms with Gasteiger partial charge in [-0.15, -0.1) is 0 Å². The van der Waals surface area contributed by atoms with Crippen molar-refractivity contribution in [2.24, 2.45) is 11.8 Å². The third kappa shape index (κ3) is 5.96. The highest BCUT2D eigenvalue weighted by Crippen LogP contribution is 2.50. The number of aromatic nitrogens is 5. The van der Waals surface area contributed by atoms with Gasteiger partial charge in [0.25, 0.3) is 11.8 Å². The molecule has 0 aromatic carbocycles. The van der Waals surface area contributed by atoms with Gasteiger partial charge in [-0.05, 0) is 44.7 Å². The number of nitrogens with zero attached hydrogens (tertiary/aromatic N) is 5. The Morgan fingerprint density at radius 1 is 1.15 bits per heavy atom. The summed E-state index contributed by atoms with van der Waals surface area (Å²) in [6.07, 6.45) is 1.90. The molecule has 3 N–H and O–H groups in total. The average Bonchev–Trinajstić information content (AvgIpc) is 3.27. The number of aliphatic hydroxyl groups excluding tert-OH is 1. The fourth-order valence-corrected chi connectivity index (χ4v) is 5.17. The molecule has 2 aliphatic carbocycles. The second kappa shape index (κ2) is 10.5. The van der Waals surface area contributed by atoms with Crippen molar-refractivity contribution in [3.05, 3.63) is 47.7 Å². The number of imidazole rings is 1. The Labute approximate surface area is 227 Å². The van der Waals surface area contributed by atoms with Gasteiger partial charge in [0, 0.05) is 49.4 Å². The highest BCUT2D eigenvalue weighted by atomic mass is 19.3. The zero-order chi connectivity index (χ0) is 28.8. The molecular weight excluding hydrogens is 534 g/mol. The minimum absolute atomic E-state index is 0.0759. The van der Waals surface area contributed by atoms with Crippen LogP contribution in [0.2, 0.25) is 0 Å². The number of rotatable bonds is 9. The van der Waals surface area contributed by atoms with Crippen molar-refractivity contribution in [3.8, 4) is 0 Å². The molecule has 216 valence electrons. The standard InChI is InChI=1S/C26H31F4N7O3/c1-14(2)37-19(5-8-31-37)24(40)35-22(15-3-6-25(27,28)7-4-15)18-13-36-20(33-18)9-16(12-32-36)23(39)34-21(38)10-17-11-26(17,29)30/h5,8-9,12-15,17,22-23,39H,3-4,6-7,10-11H2,1-2H3,(H,34,38)(H,35,40)/t17-,22-,23+/m0/s1. The molecule has 3 heterocycles. The van der Waals surface area contributed by atoms with Gasteiger partial charge < -0.3 is 15.7 Å². The summed E-state index contributed by atoms with van der Waals surface area (Å²) in [5, 5.41) is 24.1. The zero-order valence-electron chi connectivity index (χ0n) is 22.0. The van der Waals surface area contributed by atoms with Crippen LogP contribution in [0.1, 0.15) is 92.4 Å². The molecule has 2 amide bonds. The lowest BCUT2D eigenvalue weighted by molar-refractivity contribution is -0.125. The second-order valence-electron chi connectivity index (χ2n) is 11.0. The number of hydrogen-bond donors (Lipinski definition) is 3. The summed E-state index contributed by atoms with van der Waals surface area (Å²) in [5.74, 6) is -8.07. The van der Waals surface area contributed by atoms with Crippen LogP contribution in [0.5, 0.6) is 0 Å². The van der Waals surface area contributed by atoms with Crippen molar-refractivity contribution in [1.82, 2.24) is 35.0 Å². The Morgan fingerprint density at radius 3 is 2.50 bits per heavy atom. The molecule has 0 radical (unpaired) electrons. The Bertz CT molecular complexity index is 1400. The van der Waals surface area contributed by atoms with Crippen molar-refractivity contribution in [3.63, 3.8) is 0 Å². The highest BCUT2D eigenvalue weighted by molar-refractivity contribution is 5.92. The van der Waals surface area contributed by atoms with Crippen LogP contribution < -0.4 is 10.6 Å². The maximum absolute atomic E-state index is 13.9. The first-order chi connectivity index (χ1) is 18.8. The lowest BCUT2D eigenvalue weighted by Crippen LogP contribution is -2.38. The van der Waals surface area contributed by atoms with Crippen LogP contribution in [0.4, 0.5) is 17.6 Å². The number of aliphatic hydroxyl groups is 1. The molecule has 0 unspecified atom stereocenters. The fraction of sp³-hybridized carbons (Fsp3) is 0.577. The summed E-state index contributed by atoms with van der Waals surface area (Å²) < 4.78 is 57.1. The quantitative estimate of drug-likeness (QED) is 0.266.